The third-order valence-corrected chi connectivity index (χ3v) is 4.00. The molecule has 0 radical (unpaired) electrons. The first-order chi connectivity index (χ1) is 9.81. The minimum Gasteiger partial charge on any atom is -0.311 e. The SMILES string of the molecule is Cn1ccc(CCNCc2ccn(C3CCCC3)n2)n1. The molecule has 3 rings (SSSR count). The fraction of sp³-hybridized carbons (Fsp3) is 0.600. The van der Waals surface area contributed by atoms with Gasteiger partial charge in [-0.1, -0.05) is 12.8 Å². The molecule has 0 bridgehead atoms. The van der Waals surface area contributed by atoms with Gasteiger partial charge in [-0.05, 0) is 25.0 Å². The van der Waals surface area contributed by atoms with Crippen molar-refractivity contribution in [1.29, 1.82) is 0 Å². The van der Waals surface area contributed by atoms with Crippen LogP contribution in [0.4, 0.5) is 0 Å². The average Bonchev–Trinajstić information content (AvgIpc) is 3.16. The van der Waals surface area contributed by atoms with Gasteiger partial charge in [0.1, 0.15) is 0 Å². The zero-order chi connectivity index (χ0) is 13.8. The molecule has 0 amide bonds. The lowest BCUT2D eigenvalue weighted by Crippen LogP contribution is -2.17. The van der Waals surface area contributed by atoms with Crippen molar-refractivity contribution in [2.75, 3.05) is 6.54 Å². The Labute approximate surface area is 120 Å². The van der Waals surface area contributed by atoms with Crippen molar-refractivity contribution in [3.8, 4) is 0 Å². The molecule has 1 saturated carbocycles. The Bertz CT molecular complexity index is 536. The quantitative estimate of drug-likeness (QED) is 0.820. The maximum atomic E-state index is 4.68. The molecule has 0 aliphatic heterocycles. The smallest absolute Gasteiger partial charge is 0.0762 e. The highest BCUT2D eigenvalue weighted by Gasteiger charge is 2.17. The second-order valence-electron chi connectivity index (χ2n) is 5.63. The van der Waals surface area contributed by atoms with E-state index >= 15 is 0 Å². The first-order valence-corrected chi connectivity index (χ1v) is 7.54. The van der Waals surface area contributed by atoms with Crippen LogP contribution in [0, 0.1) is 0 Å². The first-order valence-electron chi connectivity index (χ1n) is 7.54. The van der Waals surface area contributed by atoms with Crippen molar-refractivity contribution in [3.63, 3.8) is 0 Å². The van der Waals surface area contributed by atoms with Gasteiger partial charge in [0.2, 0.25) is 0 Å². The Balaban J connectivity index is 1.42. The molecule has 2 aromatic heterocycles. The molecule has 0 saturated heterocycles. The standard InChI is InChI=1S/C15H23N5/c1-19-10-7-13(17-19)6-9-16-12-14-8-11-20(18-14)15-4-2-3-5-15/h7-8,10-11,15-16H,2-6,9,12H2,1H3. The van der Waals surface area contributed by atoms with Crippen molar-refractivity contribution in [3.05, 3.63) is 35.9 Å². The minimum absolute atomic E-state index is 0.636. The lowest BCUT2D eigenvalue weighted by Gasteiger charge is -2.08. The fourth-order valence-corrected chi connectivity index (χ4v) is 2.87. The highest BCUT2D eigenvalue weighted by Crippen LogP contribution is 2.28. The van der Waals surface area contributed by atoms with Gasteiger partial charge in [-0.25, -0.2) is 0 Å². The second kappa shape index (κ2) is 6.22. The van der Waals surface area contributed by atoms with Crippen LogP contribution < -0.4 is 5.32 Å². The summed E-state index contributed by atoms with van der Waals surface area (Å²) < 4.78 is 4.00. The number of aryl methyl sites for hydroxylation is 1. The molecule has 1 aliphatic rings. The summed E-state index contributed by atoms with van der Waals surface area (Å²) in [6.45, 7) is 1.78. The number of hydrogen-bond donors (Lipinski definition) is 1. The Kier molecular flexibility index (Phi) is 4.16. The summed E-state index contributed by atoms with van der Waals surface area (Å²) in [7, 11) is 1.95. The molecule has 2 aromatic rings. The maximum absolute atomic E-state index is 4.68. The molecule has 5 nitrogen and oxygen atoms in total. The van der Waals surface area contributed by atoms with Crippen LogP contribution in [0.15, 0.2) is 24.5 Å². The van der Waals surface area contributed by atoms with Gasteiger partial charge in [0.25, 0.3) is 0 Å². The number of rotatable bonds is 6. The Hall–Kier alpha value is -1.62. The van der Waals surface area contributed by atoms with E-state index in [1.54, 1.807) is 0 Å². The van der Waals surface area contributed by atoms with E-state index in [-0.39, 0.29) is 0 Å². The molecular weight excluding hydrogens is 250 g/mol. The Morgan fingerprint density at radius 1 is 1.15 bits per heavy atom. The summed E-state index contributed by atoms with van der Waals surface area (Å²) in [5.74, 6) is 0. The van der Waals surface area contributed by atoms with Gasteiger partial charge in [-0.15, -0.1) is 0 Å². The molecule has 2 heterocycles. The van der Waals surface area contributed by atoms with Gasteiger partial charge >= 0.3 is 0 Å². The van der Waals surface area contributed by atoms with E-state index in [1.807, 2.05) is 17.9 Å². The summed E-state index contributed by atoms with van der Waals surface area (Å²) in [6, 6.07) is 4.83. The molecule has 1 aliphatic carbocycles. The highest BCUT2D eigenvalue weighted by atomic mass is 15.3. The zero-order valence-corrected chi connectivity index (χ0v) is 12.1. The van der Waals surface area contributed by atoms with E-state index in [9.17, 15) is 0 Å². The molecule has 0 atom stereocenters. The summed E-state index contributed by atoms with van der Waals surface area (Å²) in [5, 5.41) is 12.5. The topological polar surface area (TPSA) is 47.7 Å². The van der Waals surface area contributed by atoms with Crippen molar-refractivity contribution in [1.82, 2.24) is 24.9 Å². The monoisotopic (exact) mass is 273 g/mol. The summed E-state index contributed by atoms with van der Waals surface area (Å²) in [4.78, 5) is 0. The molecule has 1 N–H and O–H groups in total. The fourth-order valence-electron chi connectivity index (χ4n) is 2.87. The Morgan fingerprint density at radius 3 is 2.70 bits per heavy atom. The van der Waals surface area contributed by atoms with Crippen molar-refractivity contribution >= 4 is 0 Å². The van der Waals surface area contributed by atoms with E-state index in [2.05, 4.69) is 38.5 Å². The van der Waals surface area contributed by atoms with Crippen LogP contribution in [0.1, 0.15) is 43.1 Å². The zero-order valence-electron chi connectivity index (χ0n) is 12.1. The second-order valence-corrected chi connectivity index (χ2v) is 5.63. The van der Waals surface area contributed by atoms with Crippen molar-refractivity contribution in [2.45, 2.75) is 44.7 Å². The third kappa shape index (κ3) is 3.28. The molecule has 5 heteroatoms. The van der Waals surface area contributed by atoms with Crippen molar-refractivity contribution in [2.24, 2.45) is 7.05 Å². The van der Waals surface area contributed by atoms with Gasteiger partial charge in [0, 0.05) is 39.0 Å². The number of nitrogens with one attached hydrogen (secondary N) is 1. The summed E-state index contributed by atoms with van der Waals surface area (Å²) >= 11 is 0. The maximum Gasteiger partial charge on any atom is 0.0762 e. The van der Waals surface area contributed by atoms with Crippen molar-refractivity contribution < 1.29 is 0 Å². The number of aromatic nitrogens is 4. The van der Waals surface area contributed by atoms with E-state index in [4.69, 9.17) is 0 Å². The van der Waals surface area contributed by atoms with E-state index < -0.39 is 0 Å². The van der Waals surface area contributed by atoms with Crippen LogP contribution in [0.25, 0.3) is 0 Å². The van der Waals surface area contributed by atoms with Gasteiger partial charge in [-0.3, -0.25) is 9.36 Å². The molecule has 20 heavy (non-hydrogen) atoms. The van der Waals surface area contributed by atoms with Crippen LogP contribution in [0.5, 0.6) is 0 Å². The van der Waals surface area contributed by atoms with Gasteiger partial charge in [0.05, 0.1) is 17.4 Å². The Morgan fingerprint density at radius 2 is 1.95 bits per heavy atom. The normalized spacial score (nSPS) is 16.1. The lowest BCUT2D eigenvalue weighted by molar-refractivity contribution is 0.461. The van der Waals surface area contributed by atoms with Crippen LogP contribution in [-0.4, -0.2) is 26.1 Å². The molecule has 0 aromatic carbocycles. The van der Waals surface area contributed by atoms with Crippen LogP contribution in [0.3, 0.4) is 0 Å². The summed E-state index contributed by atoms with van der Waals surface area (Å²) in [6.07, 6.45) is 10.3. The average molecular weight is 273 g/mol. The number of hydrogen-bond acceptors (Lipinski definition) is 3. The molecular formula is C15H23N5. The van der Waals surface area contributed by atoms with E-state index in [0.717, 1.165) is 30.9 Å². The van der Waals surface area contributed by atoms with Crippen LogP contribution in [-0.2, 0) is 20.0 Å². The van der Waals surface area contributed by atoms with E-state index in [0.29, 0.717) is 6.04 Å². The van der Waals surface area contributed by atoms with Crippen LogP contribution >= 0.6 is 0 Å². The third-order valence-electron chi connectivity index (χ3n) is 4.00. The first kappa shape index (κ1) is 13.4. The molecule has 0 spiro atoms. The predicted octanol–water partition coefficient (Wildman–Crippen LogP) is 2.06. The molecule has 108 valence electrons. The van der Waals surface area contributed by atoms with Gasteiger partial charge in [0.15, 0.2) is 0 Å². The minimum atomic E-state index is 0.636. The lowest BCUT2D eigenvalue weighted by atomic mass is 10.3. The summed E-state index contributed by atoms with van der Waals surface area (Å²) in [5.41, 5.74) is 2.27. The molecule has 0 unspecified atom stereocenters. The van der Waals surface area contributed by atoms with Gasteiger partial charge < -0.3 is 5.32 Å². The van der Waals surface area contributed by atoms with Crippen LogP contribution in [0.2, 0.25) is 0 Å². The highest BCUT2D eigenvalue weighted by molar-refractivity contribution is 5.01. The largest absolute Gasteiger partial charge is 0.311 e. The van der Waals surface area contributed by atoms with E-state index in [1.165, 1.54) is 25.7 Å². The predicted molar refractivity (Wildman–Crippen MR) is 78.4 cm³/mol. The number of nitrogens with zero attached hydrogens (tertiary/aromatic N) is 4. The molecule has 1 fully saturated rings. The van der Waals surface area contributed by atoms with Gasteiger partial charge in [-0.2, -0.15) is 10.2 Å².